The quantitative estimate of drug-likeness (QED) is 0.498. The van der Waals surface area contributed by atoms with Gasteiger partial charge in [-0.1, -0.05) is 12.0 Å². The summed E-state index contributed by atoms with van der Waals surface area (Å²) in [5.41, 5.74) is 2.49. The molecule has 0 spiro atoms. The fourth-order valence-corrected chi connectivity index (χ4v) is 3.92. The van der Waals surface area contributed by atoms with Gasteiger partial charge in [0.05, 0.1) is 19.8 Å². The molecule has 38 heavy (non-hydrogen) atoms. The zero-order valence-electron chi connectivity index (χ0n) is 21.4. The molecular weight excluding hydrogens is 495 g/mol. The average Bonchev–Trinajstić information content (AvgIpc) is 2.89. The number of nitrogens with zero attached hydrogens (tertiary/aromatic N) is 4. The lowest BCUT2D eigenvalue weighted by Crippen LogP contribution is -2.36. The van der Waals surface area contributed by atoms with Crippen LogP contribution in [-0.4, -0.2) is 67.7 Å². The Bertz CT molecular complexity index is 1370. The Kier molecular flexibility index (Phi) is 8.29. The van der Waals surface area contributed by atoms with Gasteiger partial charge in [-0.2, -0.15) is 13.2 Å². The van der Waals surface area contributed by atoms with Gasteiger partial charge in [0, 0.05) is 30.5 Å². The molecule has 3 aromatic rings. The van der Waals surface area contributed by atoms with Gasteiger partial charge in [-0.25, -0.2) is 4.98 Å². The summed E-state index contributed by atoms with van der Waals surface area (Å²) in [4.78, 5) is 24.9. The molecule has 0 bridgehead atoms. The number of amides is 1. The fraction of sp³-hybridized carbons (Fsp3) is 0.321. The van der Waals surface area contributed by atoms with E-state index >= 15 is 0 Å². The molecule has 1 aromatic carbocycles. The molecule has 2 aromatic heterocycles. The molecule has 198 valence electrons. The van der Waals surface area contributed by atoms with Crippen LogP contribution < -0.4 is 10.2 Å². The highest BCUT2D eigenvalue weighted by molar-refractivity contribution is 6.04. The summed E-state index contributed by atoms with van der Waals surface area (Å²) >= 11 is 0. The fourth-order valence-electron chi connectivity index (χ4n) is 3.92. The smallest absolute Gasteiger partial charge is 0.378 e. The lowest BCUT2D eigenvalue weighted by molar-refractivity contribution is -0.141. The van der Waals surface area contributed by atoms with Crippen molar-refractivity contribution in [2.45, 2.75) is 13.1 Å². The van der Waals surface area contributed by atoms with E-state index in [2.05, 4.69) is 27.0 Å². The number of nitrogens with one attached hydrogen (secondary N) is 1. The van der Waals surface area contributed by atoms with E-state index in [1.807, 2.05) is 44.1 Å². The molecule has 0 saturated carbocycles. The molecule has 0 atom stereocenters. The van der Waals surface area contributed by atoms with Crippen molar-refractivity contribution < 1.29 is 22.7 Å². The molecule has 1 saturated heterocycles. The minimum Gasteiger partial charge on any atom is -0.378 e. The number of hydrogen-bond acceptors (Lipinski definition) is 6. The maximum atomic E-state index is 13.0. The topological polar surface area (TPSA) is 70.6 Å². The molecule has 3 heterocycles. The highest BCUT2D eigenvalue weighted by atomic mass is 19.4. The normalized spacial score (nSPS) is 13.7. The molecule has 1 aliphatic heterocycles. The number of aromatic nitrogens is 2. The molecule has 0 aliphatic carbocycles. The van der Waals surface area contributed by atoms with Crippen LogP contribution in [0.5, 0.6) is 0 Å². The van der Waals surface area contributed by atoms with Crippen molar-refractivity contribution in [3.05, 3.63) is 71.2 Å². The predicted molar refractivity (Wildman–Crippen MR) is 140 cm³/mol. The second-order valence-electron chi connectivity index (χ2n) is 9.15. The second-order valence-corrected chi connectivity index (χ2v) is 9.15. The Morgan fingerprint density at radius 2 is 1.89 bits per heavy atom. The van der Waals surface area contributed by atoms with Crippen molar-refractivity contribution in [2.24, 2.45) is 0 Å². The Labute approximate surface area is 219 Å². The summed E-state index contributed by atoms with van der Waals surface area (Å²) in [5, 5.41) is 2.70. The van der Waals surface area contributed by atoms with E-state index in [1.165, 1.54) is 6.07 Å². The largest absolute Gasteiger partial charge is 0.433 e. The number of benzene rings is 1. The van der Waals surface area contributed by atoms with Crippen molar-refractivity contribution in [1.29, 1.82) is 0 Å². The van der Waals surface area contributed by atoms with Gasteiger partial charge in [-0.05, 0) is 80.0 Å². The number of carbonyl (C=O) groups is 1. The zero-order valence-corrected chi connectivity index (χ0v) is 21.4. The minimum absolute atomic E-state index is 0.133. The van der Waals surface area contributed by atoms with Gasteiger partial charge in [-0.3, -0.25) is 14.7 Å². The van der Waals surface area contributed by atoms with Gasteiger partial charge >= 0.3 is 6.18 Å². The first-order valence-corrected chi connectivity index (χ1v) is 12.0. The maximum Gasteiger partial charge on any atom is 0.433 e. The zero-order chi connectivity index (χ0) is 27.3. The highest BCUT2D eigenvalue weighted by Crippen LogP contribution is 2.31. The van der Waals surface area contributed by atoms with Gasteiger partial charge in [0.15, 0.2) is 0 Å². The SMILES string of the molecule is Cc1ccc(NC(=O)c2ccnc(C(F)(F)F)c2)cc1-c1cc(C#CCN(C)C)nc(N2CCOCC2)c1. The molecule has 10 heteroatoms. The predicted octanol–water partition coefficient (Wildman–Crippen LogP) is 4.47. The van der Waals surface area contributed by atoms with Crippen molar-refractivity contribution in [3.63, 3.8) is 0 Å². The number of pyridine rings is 2. The van der Waals surface area contributed by atoms with Crippen molar-refractivity contribution in [1.82, 2.24) is 14.9 Å². The number of morpholine rings is 1. The standard InChI is InChI=1S/C28H28F3N5O2/c1-19-6-7-23(34-27(37)20-8-9-32-25(16-20)28(29,30)31)18-24(19)21-15-22(5-4-10-35(2)3)33-26(17-21)36-11-13-38-14-12-36/h6-9,15-18H,10-14H2,1-3H3,(H,34,37). The van der Waals surface area contributed by atoms with E-state index in [1.54, 1.807) is 12.1 Å². The van der Waals surface area contributed by atoms with Crippen LogP contribution in [0.1, 0.15) is 27.3 Å². The summed E-state index contributed by atoms with van der Waals surface area (Å²) in [7, 11) is 3.88. The third-order valence-electron chi connectivity index (χ3n) is 5.88. The molecule has 1 N–H and O–H groups in total. The first-order valence-electron chi connectivity index (χ1n) is 12.0. The van der Waals surface area contributed by atoms with Gasteiger partial charge in [0.1, 0.15) is 17.2 Å². The summed E-state index contributed by atoms with van der Waals surface area (Å²) in [6.45, 7) is 5.18. The van der Waals surface area contributed by atoms with Crippen LogP contribution in [0.3, 0.4) is 0 Å². The van der Waals surface area contributed by atoms with Crippen LogP contribution in [0.15, 0.2) is 48.7 Å². The van der Waals surface area contributed by atoms with Crippen molar-refractivity contribution >= 4 is 17.4 Å². The molecule has 1 aliphatic rings. The van der Waals surface area contributed by atoms with Gasteiger partial charge in [0.2, 0.25) is 0 Å². The van der Waals surface area contributed by atoms with E-state index in [-0.39, 0.29) is 5.56 Å². The van der Waals surface area contributed by atoms with E-state index in [0.29, 0.717) is 44.2 Å². The second kappa shape index (κ2) is 11.6. The van der Waals surface area contributed by atoms with Crippen LogP contribution in [-0.2, 0) is 10.9 Å². The lowest BCUT2D eigenvalue weighted by Gasteiger charge is -2.28. The summed E-state index contributed by atoms with van der Waals surface area (Å²) in [5.74, 6) is 6.39. The van der Waals surface area contributed by atoms with E-state index in [9.17, 15) is 18.0 Å². The molecule has 1 fully saturated rings. The Balaban J connectivity index is 1.67. The summed E-state index contributed by atoms with van der Waals surface area (Å²) in [6, 6.07) is 11.2. The number of alkyl halides is 3. The van der Waals surface area contributed by atoms with Gasteiger partial charge < -0.3 is 15.0 Å². The number of ether oxygens (including phenoxy) is 1. The number of anilines is 2. The minimum atomic E-state index is -4.64. The van der Waals surface area contributed by atoms with E-state index in [0.717, 1.165) is 34.8 Å². The van der Waals surface area contributed by atoms with Crippen LogP contribution in [0, 0.1) is 18.8 Å². The first-order chi connectivity index (χ1) is 18.1. The molecule has 7 nitrogen and oxygen atoms in total. The number of aryl methyl sites for hydroxylation is 1. The Hall–Kier alpha value is -3.94. The van der Waals surface area contributed by atoms with Crippen molar-refractivity contribution in [2.75, 3.05) is 57.2 Å². The molecular formula is C28H28F3N5O2. The van der Waals surface area contributed by atoms with Crippen LogP contribution in [0.2, 0.25) is 0 Å². The summed E-state index contributed by atoms with van der Waals surface area (Å²) in [6.07, 6.45) is -3.67. The van der Waals surface area contributed by atoms with Gasteiger partial charge in [-0.15, -0.1) is 0 Å². The number of halogens is 3. The monoisotopic (exact) mass is 523 g/mol. The van der Waals surface area contributed by atoms with Crippen LogP contribution in [0.25, 0.3) is 11.1 Å². The molecule has 0 radical (unpaired) electrons. The number of carbonyl (C=O) groups excluding carboxylic acids is 1. The maximum absolute atomic E-state index is 13.0. The third kappa shape index (κ3) is 6.88. The Morgan fingerprint density at radius 3 is 2.61 bits per heavy atom. The van der Waals surface area contributed by atoms with Gasteiger partial charge in [0.25, 0.3) is 5.91 Å². The first kappa shape index (κ1) is 27.1. The lowest BCUT2D eigenvalue weighted by atomic mass is 9.99. The van der Waals surface area contributed by atoms with Crippen molar-refractivity contribution in [3.8, 4) is 23.0 Å². The van der Waals surface area contributed by atoms with Crippen LogP contribution in [0.4, 0.5) is 24.7 Å². The number of hydrogen-bond donors (Lipinski definition) is 1. The Morgan fingerprint density at radius 1 is 1.13 bits per heavy atom. The van der Waals surface area contributed by atoms with E-state index < -0.39 is 17.8 Å². The summed E-state index contributed by atoms with van der Waals surface area (Å²) < 4.78 is 44.6. The molecule has 4 rings (SSSR count). The molecule has 0 unspecified atom stereocenters. The highest BCUT2D eigenvalue weighted by Gasteiger charge is 2.33. The number of rotatable bonds is 5. The van der Waals surface area contributed by atoms with Crippen LogP contribution >= 0.6 is 0 Å². The average molecular weight is 524 g/mol. The van der Waals surface area contributed by atoms with E-state index in [4.69, 9.17) is 9.72 Å². The molecule has 1 amide bonds. The third-order valence-corrected chi connectivity index (χ3v) is 5.88.